The molecule has 0 bridgehead atoms. The maximum absolute atomic E-state index is 5.62. The number of hydrogen-bond acceptors (Lipinski definition) is 1. The van der Waals surface area contributed by atoms with Gasteiger partial charge < -0.3 is 4.74 Å². The first kappa shape index (κ1) is 13.5. The lowest BCUT2D eigenvalue weighted by atomic mass is 10.1. The summed E-state index contributed by atoms with van der Waals surface area (Å²) in [6.45, 7) is 2.20. The van der Waals surface area contributed by atoms with Gasteiger partial charge in [-0.3, -0.25) is 0 Å². The fourth-order valence-electron chi connectivity index (χ4n) is 1.33. The minimum absolute atomic E-state index is 0.305. The Morgan fingerprint density at radius 1 is 1.08 bits per heavy atom. The highest BCUT2D eigenvalue weighted by atomic mass is 35.5. The molecule has 0 radical (unpaired) electrons. The van der Waals surface area contributed by atoms with Crippen molar-refractivity contribution in [3.8, 4) is 0 Å². The maximum atomic E-state index is 5.62. The summed E-state index contributed by atoms with van der Waals surface area (Å²) in [5.74, 6) is 0.718. The molecule has 0 aromatic rings. The normalized spacial score (nSPS) is 13.2. The summed E-state index contributed by atoms with van der Waals surface area (Å²) in [5, 5.41) is 0. The van der Waals surface area contributed by atoms with Crippen molar-refractivity contribution < 1.29 is 4.74 Å². The van der Waals surface area contributed by atoms with E-state index in [1.165, 1.54) is 19.3 Å². The minimum Gasteiger partial charge on any atom is -0.363 e. The fourth-order valence-corrected chi connectivity index (χ4v) is 1.66. The van der Waals surface area contributed by atoms with E-state index in [1.807, 2.05) is 0 Å². The van der Waals surface area contributed by atoms with E-state index in [2.05, 4.69) is 6.92 Å². The molecular formula is C10H20Cl2O. The van der Waals surface area contributed by atoms with Gasteiger partial charge in [-0.1, -0.05) is 37.8 Å². The quantitative estimate of drug-likeness (QED) is 0.424. The first-order valence-electron chi connectivity index (χ1n) is 5.08. The van der Waals surface area contributed by atoms with Gasteiger partial charge in [-0.15, -0.1) is 11.6 Å². The summed E-state index contributed by atoms with van der Waals surface area (Å²) >= 11 is 11.2. The van der Waals surface area contributed by atoms with Gasteiger partial charge in [0.25, 0.3) is 0 Å². The second kappa shape index (κ2) is 10.6. The van der Waals surface area contributed by atoms with Crippen LogP contribution in [0.5, 0.6) is 0 Å². The SMILES string of the molecule is CCCCCC(CCCCl)OCCl. The molecule has 0 aromatic heterocycles. The van der Waals surface area contributed by atoms with Crippen molar-refractivity contribution in [1.82, 2.24) is 0 Å². The van der Waals surface area contributed by atoms with Gasteiger partial charge in [0.15, 0.2) is 0 Å². The van der Waals surface area contributed by atoms with Crippen molar-refractivity contribution in [2.45, 2.75) is 51.6 Å². The Kier molecular flexibility index (Phi) is 11.1. The Morgan fingerprint density at radius 3 is 2.31 bits per heavy atom. The molecule has 0 aliphatic heterocycles. The smallest absolute Gasteiger partial charge is 0.121 e. The summed E-state index contributed by atoms with van der Waals surface area (Å²) in [5.41, 5.74) is 0. The fraction of sp³-hybridized carbons (Fsp3) is 1.00. The molecule has 0 fully saturated rings. The predicted molar refractivity (Wildman–Crippen MR) is 59.7 cm³/mol. The van der Waals surface area contributed by atoms with Crippen LogP contribution in [0.15, 0.2) is 0 Å². The van der Waals surface area contributed by atoms with Crippen LogP contribution in [0.2, 0.25) is 0 Å². The molecule has 13 heavy (non-hydrogen) atoms. The molecular weight excluding hydrogens is 207 g/mol. The van der Waals surface area contributed by atoms with Gasteiger partial charge in [0, 0.05) is 5.88 Å². The molecule has 1 atom stereocenters. The van der Waals surface area contributed by atoms with Gasteiger partial charge in [-0.2, -0.15) is 0 Å². The molecule has 0 saturated heterocycles. The first-order chi connectivity index (χ1) is 6.35. The standard InChI is InChI=1S/C10H20Cl2O/c1-2-3-4-6-10(13-9-12)7-5-8-11/h10H,2-9H2,1H3. The molecule has 0 aliphatic rings. The van der Waals surface area contributed by atoms with Crippen molar-refractivity contribution in [2.75, 3.05) is 11.9 Å². The predicted octanol–water partition coefficient (Wildman–Crippen LogP) is 4.17. The van der Waals surface area contributed by atoms with Crippen molar-refractivity contribution in [2.24, 2.45) is 0 Å². The van der Waals surface area contributed by atoms with Crippen molar-refractivity contribution in [1.29, 1.82) is 0 Å². The van der Waals surface area contributed by atoms with E-state index in [9.17, 15) is 0 Å². The van der Waals surface area contributed by atoms with Gasteiger partial charge in [0.05, 0.1) is 6.10 Å². The Morgan fingerprint density at radius 2 is 1.77 bits per heavy atom. The van der Waals surface area contributed by atoms with E-state index >= 15 is 0 Å². The third-order valence-electron chi connectivity index (χ3n) is 2.09. The van der Waals surface area contributed by atoms with E-state index in [4.69, 9.17) is 27.9 Å². The van der Waals surface area contributed by atoms with Crippen LogP contribution in [-0.4, -0.2) is 18.1 Å². The van der Waals surface area contributed by atoms with Gasteiger partial charge in [-0.05, 0) is 19.3 Å². The lowest BCUT2D eigenvalue weighted by Gasteiger charge is -2.15. The Labute approximate surface area is 91.7 Å². The number of unbranched alkanes of at least 4 members (excludes halogenated alkanes) is 2. The summed E-state index contributed by atoms with van der Waals surface area (Å²) in [7, 11) is 0. The van der Waals surface area contributed by atoms with Gasteiger partial charge in [0.2, 0.25) is 0 Å². The highest BCUT2D eigenvalue weighted by Crippen LogP contribution is 2.13. The summed E-state index contributed by atoms with van der Waals surface area (Å²) < 4.78 is 5.40. The van der Waals surface area contributed by atoms with E-state index in [0.29, 0.717) is 12.2 Å². The molecule has 0 amide bonds. The minimum atomic E-state index is 0.305. The second-order valence-corrected chi connectivity index (χ2v) is 3.82. The highest BCUT2D eigenvalue weighted by molar-refractivity contribution is 6.17. The molecule has 1 nitrogen and oxygen atoms in total. The Balaban J connectivity index is 3.41. The number of ether oxygens (including phenoxy) is 1. The number of hydrogen-bond donors (Lipinski definition) is 0. The summed E-state index contributed by atoms with van der Waals surface area (Å²) in [4.78, 5) is 0. The molecule has 0 rings (SSSR count). The molecule has 0 aromatic carbocycles. The summed E-state index contributed by atoms with van der Waals surface area (Å²) in [6, 6.07) is 0.305. The number of alkyl halides is 2. The van der Waals surface area contributed by atoms with Crippen LogP contribution in [0.4, 0.5) is 0 Å². The van der Waals surface area contributed by atoms with Crippen molar-refractivity contribution >= 4 is 23.2 Å². The molecule has 0 aliphatic carbocycles. The largest absolute Gasteiger partial charge is 0.363 e. The lowest BCUT2D eigenvalue weighted by Crippen LogP contribution is -2.12. The average Bonchev–Trinajstić information content (AvgIpc) is 2.14. The molecule has 80 valence electrons. The van der Waals surface area contributed by atoms with Crippen LogP contribution in [0.1, 0.15) is 45.4 Å². The van der Waals surface area contributed by atoms with E-state index in [0.717, 1.165) is 25.1 Å². The zero-order valence-corrected chi connectivity index (χ0v) is 9.91. The first-order valence-corrected chi connectivity index (χ1v) is 6.15. The number of rotatable bonds is 9. The third-order valence-corrected chi connectivity index (χ3v) is 2.48. The topological polar surface area (TPSA) is 9.23 Å². The summed E-state index contributed by atoms with van der Waals surface area (Å²) in [6.07, 6.45) is 7.28. The number of halogens is 2. The second-order valence-electron chi connectivity index (χ2n) is 3.22. The Bertz CT molecular complexity index is 98.9. The molecule has 0 saturated carbocycles. The van der Waals surface area contributed by atoms with Crippen LogP contribution in [0.3, 0.4) is 0 Å². The lowest BCUT2D eigenvalue weighted by molar-refractivity contribution is 0.0711. The van der Waals surface area contributed by atoms with Crippen LogP contribution in [-0.2, 0) is 4.74 Å². The van der Waals surface area contributed by atoms with Gasteiger partial charge in [-0.25, -0.2) is 0 Å². The maximum Gasteiger partial charge on any atom is 0.121 e. The van der Waals surface area contributed by atoms with E-state index in [-0.39, 0.29) is 0 Å². The van der Waals surface area contributed by atoms with Crippen molar-refractivity contribution in [3.63, 3.8) is 0 Å². The average molecular weight is 227 g/mol. The van der Waals surface area contributed by atoms with E-state index < -0.39 is 0 Å². The van der Waals surface area contributed by atoms with Gasteiger partial charge >= 0.3 is 0 Å². The van der Waals surface area contributed by atoms with Gasteiger partial charge in [0.1, 0.15) is 6.07 Å². The molecule has 3 heteroatoms. The van der Waals surface area contributed by atoms with E-state index in [1.54, 1.807) is 0 Å². The van der Waals surface area contributed by atoms with Crippen LogP contribution in [0, 0.1) is 0 Å². The third kappa shape index (κ3) is 8.86. The molecule has 0 N–H and O–H groups in total. The zero-order valence-electron chi connectivity index (χ0n) is 8.40. The van der Waals surface area contributed by atoms with Crippen molar-refractivity contribution in [3.05, 3.63) is 0 Å². The highest BCUT2D eigenvalue weighted by Gasteiger charge is 2.07. The molecule has 0 spiro atoms. The van der Waals surface area contributed by atoms with Crippen LogP contribution < -0.4 is 0 Å². The molecule has 0 heterocycles. The molecule has 1 unspecified atom stereocenters. The zero-order chi connectivity index (χ0) is 9.94. The van der Waals surface area contributed by atoms with Crippen LogP contribution in [0.25, 0.3) is 0 Å². The Hall–Kier alpha value is 0.540. The van der Waals surface area contributed by atoms with Crippen LogP contribution >= 0.6 is 23.2 Å². The monoisotopic (exact) mass is 226 g/mol.